The minimum absolute atomic E-state index is 0.189. The summed E-state index contributed by atoms with van der Waals surface area (Å²) in [6.07, 6.45) is 0.856. The lowest BCUT2D eigenvalue weighted by atomic mass is 9.87. The Morgan fingerprint density at radius 2 is 2.00 bits per heavy atom. The zero-order valence-electron chi connectivity index (χ0n) is 10.2. The van der Waals surface area contributed by atoms with Crippen molar-refractivity contribution in [2.24, 2.45) is 0 Å². The Morgan fingerprint density at radius 3 is 2.61 bits per heavy atom. The fourth-order valence-corrected chi connectivity index (χ4v) is 2.20. The first kappa shape index (κ1) is 12.7. The van der Waals surface area contributed by atoms with Gasteiger partial charge in [-0.15, -0.1) is 0 Å². The molecule has 96 valence electrons. The normalized spacial score (nSPS) is 14.4. The molecule has 0 saturated heterocycles. The number of rotatable bonds is 4. The first-order valence-electron chi connectivity index (χ1n) is 5.85. The average molecular weight is 247 g/mol. The molecule has 0 radical (unpaired) electrons. The van der Waals surface area contributed by atoms with Crippen LogP contribution in [0.3, 0.4) is 0 Å². The standard InChI is InChI=1S/C14H17NO3/c1-9-10(4-2-6-12(9)17)14(13(18)8-16)11-5-3-7-15-11/h2-7,13-18H,8H2,1H3. The molecule has 0 bridgehead atoms. The van der Waals surface area contributed by atoms with Crippen molar-refractivity contribution in [2.75, 3.05) is 6.61 Å². The van der Waals surface area contributed by atoms with E-state index in [0.717, 1.165) is 11.3 Å². The monoisotopic (exact) mass is 247 g/mol. The molecule has 0 aliphatic carbocycles. The van der Waals surface area contributed by atoms with Gasteiger partial charge in [-0.2, -0.15) is 0 Å². The Balaban J connectivity index is 2.50. The molecule has 0 aliphatic heterocycles. The maximum Gasteiger partial charge on any atom is 0.118 e. The maximum absolute atomic E-state index is 10.0. The van der Waals surface area contributed by atoms with Gasteiger partial charge in [0.1, 0.15) is 5.75 Å². The summed E-state index contributed by atoms with van der Waals surface area (Å²) in [6.45, 7) is 1.46. The van der Waals surface area contributed by atoms with Gasteiger partial charge in [0.2, 0.25) is 0 Å². The molecule has 0 saturated carbocycles. The van der Waals surface area contributed by atoms with E-state index in [4.69, 9.17) is 0 Å². The van der Waals surface area contributed by atoms with Crippen LogP contribution in [0.25, 0.3) is 0 Å². The van der Waals surface area contributed by atoms with Crippen LogP contribution < -0.4 is 0 Å². The second kappa shape index (κ2) is 5.25. The van der Waals surface area contributed by atoms with Crippen molar-refractivity contribution >= 4 is 0 Å². The first-order chi connectivity index (χ1) is 8.65. The lowest BCUT2D eigenvalue weighted by molar-refractivity contribution is 0.0812. The van der Waals surface area contributed by atoms with Crippen molar-refractivity contribution in [2.45, 2.75) is 18.9 Å². The molecule has 0 aliphatic rings. The summed E-state index contributed by atoms with van der Waals surface area (Å²) in [6, 6.07) is 8.88. The van der Waals surface area contributed by atoms with E-state index >= 15 is 0 Å². The molecular formula is C14H17NO3. The molecule has 1 heterocycles. The zero-order valence-corrected chi connectivity index (χ0v) is 10.2. The molecule has 0 spiro atoms. The number of benzene rings is 1. The summed E-state index contributed by atoms with van der Waals surface area (Å²) in [5.74, 6) is -0.189. The van der Waals surface area contributed by atoms with Crippen molar-refractivity contribution in [1.82, 2.24) is 4.98 Å². The number of phenols is 1. The highest BCUT2D eigenvalue weighted by Crippen LogP contribution is 2.32. The lowest BCUT2D eigenvalue weighted by Crippen LogP contribution is -2.24. The number of phenolic OH excluding ortho intramolecular Hbond substituents is 1. The van der Waals surface area contributed by atoms with Crippen LogP contribution in [0.4, 0.5) is 0 Å². The molecule has 1 aromatic carbocycles. The van der Waals surface area contributed by atoms with Gasteiger partial charge in [-0.05, 0) is 36.2 Å². The molecule has 4 nitrogen and oxygen atoms in total. The highest BCUT2D eigenvalue weighted by Gasteiger charge is 2.25. The Kier molecular flexibility index (Phi) is 3.69. The number of aromatic nitrogens is 1. The van der Waals surface area contributed by atoms with Crippen molar-refractivity contribution in [3.8, 4) is 5.75 Å². The Hall–Kier alpha value is -1.78. The predicted molar refractivity (Wildman–Crippen MR) is 68.6 cm³/mol. The minimum Gasteiger partial charge on any atom is -0.508 e. The molecule has 4 heteroatoms. The largest absolute Gasteiger partial charge is 0.508 e. The third-order valence-electron chi connectivity index (χ3n) is 3.21. The van der Waals surface area contributed by atoms with E-state index in [1.54, 1.807) is 25.3 Å². The smallest absolute Gasteiger partial charge is 0.118 e. The fraction of sp³-hybridized carbons (Fsp3) is 0.286. The van der Waals surface area contributed by atoms with Crippen LogP contribution in [0, 0.1) is 6.92 Å². The summed E-state index contributed by atoms with van der Waals surface area (Å²) < 4.78 is 0. The number of H-pyrrole nitrogens is 1. The number of nitrogens with one attached hydrogen (secondary N) is 1. The Labute approximate surface area is 106 Å². The van der Waals surface area contributed by atoms with Gasteiger partial charge >= 0.3 is 0 Å². The molecule has 0 amide bonds. The summed E-state index contributed by atoms with van der Waals surface area (Å²) >= 11 is 0. The molecule has 2 unspecified atom stereocenters. The zero-order chi connectivity index (χ0) is 13.1. The molecule has 4 N–H and O–H groups in total. The number of aromatic amines is 1. The van der Waals surface area contributed by atoms with E-state index in [1.807, 2.05) is 18.2 Å². The number of hydrogen-bond acceptors (Lipinski definition) is 3. The van der Waals surface area contributed by atoms with Gasteiger partial charge < -0.3 is 20.3 Å². The second-order valence-corrected chi connectivity index (χ2v) is 4.34. The van der Waals surface area contributed by atoms with E-state index < -0.39 is 6.10 Å². The fourth-order valence-electron chi connectivity index (χ4n) is 2.20. The predicted octanol–water partition coefficient (Wildman–Crippen LogP) is 1.51. The van der Waals surface area contributed by atoms with Crippen LogP contribution in [-0.2, 0) is 0 Å². The van der Waals surface area contributed by atoms with Gasteiger partial charge in [0.05, 0.1) is 18.6 Å². The van der Waals surface area contributed by atoms with Gasteiger partial charge in [0.25, 0.3) is 0 Å². The number of aliphatic hydroxyl groups is 2. The van der Waals surface area contributed by atoms with Crippen molar-refractivity contribution < 1.29 is 15.3 Å². The summed E-state index contributed by atoms with van der Waals surface area (Å²) in [4.78, 5) is 3.04. The van der Waals surface area contributed by atoms with E-state index in [2.05, 4.69) is 4.98 Å². The highest BCUT2D eigenvalue weighted by atomic mass is 16.3. The summed E-state index contributed by atoms with van der Waals surface area (Å²) in [7, 11) is 0. The number of aliphatic hydroxyl groups excluding tert-OH is 2. The van der Waals surface area contributed by atoms with Crippen LogP contribution in [-0.4, -0.2) is 33.0 Å². The van der Waals surface area contributed by atoms with Gasteiger partial charge in [-0.25, -0.2) is 0 Å². The SMILES string of the molecule is Cc1c(O)cccc1C(c1ccc[nH]1)C(O)CO. The molecule has 2 rings (SSSR count). The second-order valence-electron chi connectivity index (χ2n) is 4.34. The van der Waals surface area contributed by atoms with Crippen LogP contribution in [0.15, 0.2) is 36.5 Å². The number of hydrogen-bond donors (Lipinski definition) is 4. The van der Waals surface area contributed by atoms with E-state index in [9.17, 15) is 15.3 Å². The van der Waals surface area contributed by atoms with Crippen LogP contribution in [0.1, 0.15) is 22.7 Å². The quantitative estimate of drug-likeness (QED) is 0.661. The highest BCUT2D eigenvalue weighted by molar-refractivity contribution is 5.43. The Bertz CT molecular complexity index is 508. The molecule has 0 fully saturated rings. The van der Waals surface area contributed by atoms with Crippen molar-refractivity contribution in [1.29, 1.82) is 0 Å². The van der Waals surface area contributed by atoms with Gasteiger partial charge in [-0.1, -0.05) is 12.1 Å². The topological polar surface area (TPSA) is 76.5 Å². The molecule has 18 heavy (non-hydrogen) atoms. The first-order valence-corrected chi connectivity index (χ1v) is 5.85. The molecule has 2 atom stereocenters. The number of aromatic hydroxyl groups is 1. The molecule has 1 aromatic heterocycles. The molecular weight excluding hydrogens is 230 g/mol. The van der Waals surface area contributed by atoms with Crippen LogP contribution >= 0.6 is 0 Å². The third-order valence-corrected chi connectivity index (χ3v) is 3.21. The average Bonchev–Trinajstić information content (AvgIpc) is 2.88. The van der Waals surface area contributed by atoms with E-state index in [0.29, 0.717) is 5.56 Å². The summed E-state index contributed by atoms with van der Waals surface area (Å²) in [5, 5.41) is 29.0. The third kappa shape index (κ3) is 2.25. The Morgan fingerprint density at radius 1 is 1.22 bits per heavy atom. The van der Waals surface area contributed by atoms with Crippen molar-refractivity contribution in [3.63, 3.8) is 0 Å². The summed E-state index contributed by atoms with van der Waals surface area (Å²) in [5.41, 5.74) is 2.33. The van der Waals surface area contributed by atoms with Gasteiger partial charge in [0.15, 0.2) is 0 Å². The van der Waals surface area contributed by atoms with Crippen molar-refractivity contribution in [3.05, 3.63) is 53.3 Å². The lowest BCUT2D eigenvalue weighted by Gasteiger charge is -2.23. The van der Waals surface area contributed by atoms with Gasteiger partial charge in [-0.3, -0.25) is 0 Å². The van der Waals surface area contributed by atoms with E-state index in [1.165, 1.54) is 0 Å². The van der Waals surface area contributed by atoms with Crippen LogP contribution in [0.5, 0.6) is 5.75 Å². The van der Waals surface area contributed by atoms with E-state index in [-0.39, 0.29) is 18.3 Å². The van der Waals surface area contributed by atoms with Crippen LogP contribution in [0.2, 0.25) is 0 Å². The molecule has 2 aromatic rings. The minimum atomic E-state index is -0.913. The maximum atomic E-state index is 10.0. The van der Waals surface area contributed by atoms with Gasteiger partial charge in [0, 0.05) is 11.9 Å².